The van der Waals surface area contributed by atoms with Crippen LogP contribution in [0.1, 0.15) is 5.82 Å². The van der Waals surface area contributed by atoms with Gasteiger partial charge in [0.25, 0.3) is 0 Å². The fourth-order valence-corrected chi connectivity index (χ4v) is 1.72. The van der Waals surface area contributed by atoms with Crippen molar-refractivity contribution in [1.82, 2.24) is 20.3 Å². The number of methoxy groups -OCH3 is 1. The normalized spacial score (nSPS) is 11.1. The lowest BCUT2D eigenvalue weighted by atomic mass is 10.4. The minimum atomic E-state index is 0.692. The number of nitrogens with one attached hydrogen (secondary N) is 2. The van der Waals surface area contributed by atoms with Crippen LogP contribution in [-0.4, -0.2) is 35.2 Å². The fraction of sp³-hybridized carbons (Fsp3) is 0.400. The van der Waals surface area contributed by atoms with Crippen molar-refractivity contribution in [2.45, 2.75) is 6.54 Å². The Labute approximate surface area is 102 Å². The summed E-state index contributed by atoms with van der Waals surface area (Å²) in [4.78, 5) is 11.8. The Balaban J connectivity index is 2.02. The molecule has 0 aliphatic rings. The quantitative estimate of drug-likeness (QED) is 0.816. The van der Waals surface area contributed by atoms with Gasteiger partial charge in [-0.05, 0) is 22.0 Å². The molecule has 0 fully saturated rings. The lowest BCUT2D eigenvalue weighted by molar-refractivity contribution is 0.199. The molecular formula is C10H13BrN4O. The number of rotatable bonds is 5. The molecule has 16 heavy (non-hydrogen) atoms. The van der Waals surface area contributed by atoms with Crippen molar-refractivity contribution in [3.8, 4) is 0 Å². The molecule has 0 spiro atoms. The van der Waals surface area contributed by atoms with Gasteiger partial charge in [0.15, 0.2) is 5.65 Å². The van der Waals surface area contributed by atoms with Gasteiger partial charge in [0.05, 0.1) is 18.7 Å². The van der Waals surface area contributed by atoms with Crippen molar-refractivity contribution >= 4 is 27.1 Å². The number of pyridine rings is 1. The Morgan fingerprint density at radius 2 is 2.44 bits per heavy atom. The highest BCUT2D eigenvalue weighted by Crippen LogP contribution is 2.14. The van der Waals surface area contributed by atoms with Gasteiger partial charge in [-0.1, -0.05) is 0 Å². The number of imidazole rings is 1. The first-order chi connectivity index (χ1) is 7.79. The molecule has 0 aromatic carbocycles. The standard InChI is InChI=1S/C10H13BrN4O/c1-16-3-2-12-6-9-14-8-4-7(11)5-13-10(8)15-9/h4-5,12H,2-3,6H2,1H3,(H,13,14,15). The zero-order chi connectivity index (χ0) is 11.4. The Bertz CT molecular complexity index is 471. The molecular weight excluding hydrogens is 272 g/mol. The molecule has 0 aliphatic heterocycles. The molecule has 0 atom stereocenters. The molecule has 0 aliphatic carbocycles. The maximum Gasteiger partial charge on any atom is 0.177 e. The Kier molecular flexibility index (Phi) is 3.87. The summed E-state index contributed by atoms with van der Waals surface area (Å²) in [5.74, 6) is 0.886. The van der Waals surface area contributed by atoms with Gasteiger partial charge < -0.3 is 15.0 Å². The molecule has 0 amide bonds. The molecule has 0 saturated heterocycles. The summed E-state index contributed by atoms with van der Waals surface area (Å²) in [5, 5.41) is 3.22. The van der Waals surface area contributed by atoms with Crippen molar-refractivity contribution in [3.63, 3.8) is 0 Å². The number of aromatic nitrogens is 3. The summed E-state index contributed by atoms with van der Waals surface area (Å²) in [6.07, 6.45) is 1.74. The third-order valence-electron chi connectivity index (χ3n) is 2.13. The van der Waals surface area contributed by atoms with Crippen molar-refractivity contribution in [1.29, 1.82) is 0 Å². The summed E-state index contributed by atoms with van der Waals surface area (Å²) in [6, 6.07) is 1.97. The van der Waals surface area contributed by atoms with Crippen molar-refractivity contribution in [2.75, 3.05) is 20.3 Å². The van der Waals surface area contributed by atoms with Gasteiger partial charge in [0.2, 0.25) is 0 Å². The zero-order valence-corrected chi connectivity index (χ0v) is 10.5. The first kappa shape index (κ1) is 11.5. The third kappa shape index (κ3) is 2.78. The van der Waals surface area contributed by atoms with Crippen molar-refractivity contribution in [2.24, 2.45) is 0 Å². The number of H-pyrrole nitrogens is 1. The molecule has 0 saturated carbocycles. The highest BCUT2D eigenvalue weighted by atomic mass is 79.9. The van der Waals surface area contributed by atoms with Crippen LogP contribution in [0, 0.1) is 0 Å². The van der Waals surface area contributed by atoms with Crippen LogP contribution >= 0.6 is 15.9 Å². The first-order valence-electron chi connectivity index (χ1n) is 4.99. The number of halogens is 1. The van der Waals surface area contributed by atoms with Crippen LogP contribution in [0.3, 0.4) is 0 Å². The third-order valence-corrected chi connectivity index (χ3v) is 2.56. The van der Waals surface area contributed by atoms with Gasteiger partial charge in [-0.3, -0.25) is 0 Å². The van der Waals surface area contributed by atoms with E-state index >= 15 is 0 Å². The van der Waals surface area contributed by atoms with Crippen molar-refractivity contribution in [3.05, 3.63) is 22.6 Å². The summed E-state index contributed by atoms with van der Waals surface area (Å²) in [6.45, 7) is 2.20. The van der Waals surface area contributed by atoms with Crippen LogP contribution < -0.4 is 5.32 Å². The highest BCUT2D eigenvalue weighted by Gasteiger charge is 2.03. The second kappa shape index (κ2) is 5.38. The van der Waals surface area contributed by atoms with Gasteiger partial charge in [-0.25, -0.2) is 9.97 Å². The Morgan fingerprint density at radius 3 is 3.25 bits per heavy atom. The number of ether oxygens (including phenoxy) is 1. The molecule has 2 aromatic rings. The Morgan fingerprint density at radius 1 is 1.56 bits per heavy atom. The molecule has 2 rings (SSSR count). The summed E-state index contributed by atoms with van der Waals surface area (Å²) in [7, 11) is 1.68. The zero-order valence-electron chi connectivity index (χ0n) is 8.96. The maximum absolute atomic E-state index is 4.94. The minimum Gasteiger partial charge on any atom is -0.383 e. The van der Waals surface area contributed by atoms with E-state index in [1.165, 1.54) is 0 Å². The molecule has 86 valence electrons. The predicted octanol–water partition coefficient (Wildman–Crippen LogP) is 1.46. The van der Waals surface area contributed by atoms with Crippen LogP contribution in [0.25, 0.3) is 11.2 Å². The first-order valence-corrected chi connectivity index (χ1v) is 5.78. The number of aromatic amines is 1. The summed E-state index contributed by atoms with van der Waals surface area (Å²) < 4.78 is 5.89. The van der Waals surface area contributed by atoms with Gasteiger partial charge in [0, 0.05) is 24.3 Å². The number of hydrogen-bond donors (Lipinski definition) is 2. The van der Waals surface area contributed by atoms with Crippen LogP contribution in [0.2, 0.25) is 0 Å². The Hall–Kier alpha value is -0.980. The average Bonchev–Trinajstić information content (AvgIpc) is 2.66. The lowest BCUT2D eigenvalue weighted by Crippen LogP contribution is -2.19. The highest BCUT2D eigenvalue weighted by molar-refractivity contribution is 9.10. The predicted molar refractivity (Wildman–Crippen MR) is 65.2 cm³/mol. The SMILES string of the molecule is COCCNCc1nc2ncc(Br)cc2[nH]1. The van der Waals surface area contributed by atoms with E-state index in [4.69, 9.17) is 4.74 Å². The molecule has 6 heteroatoms. The van der Waals surface area contributed by atoms with E-state index in [1.54, 1.807) is 13.3 Å². The van der Waals surface area contributed by atoms with E-state index < -0.39 is 0 Å². The number of nitrogens with zero attached hydrogens (tertiary/aromatic N) is 2. The van der Waals surface area contributed by atoms with Crippen molar-refractivity contribution < 1.29 is 4.74 Å². The van der Waals surface area contributed by atoms with E-state index in [-0.39, 0.29) is 0 Å². The van der Waals surface area contributed by atoms with Gasteiger partial charge in [0.1, 0.15) is 5.82 Å². The molecule has 5 nitrogen and oxygen atoms in total. The molecule has 2 heterocycles. The second-order valence-corrected chi connectivity index (χ2v) is 4.29. The summed E-state index contributed by atoms with van der Waals surface area (Å²) >= 11 is 3.37. The lowest BCUT2D eigenvalue weighted by Gasteiger charge is -2.00. The van der Waals surface area contributed by atoms with E-state index in [2.05, 4.69) is 36.2 Å². The van der Waals surface area contributed by atoms with Gasteiger partial charge >= 0.3 is 0 Å². The molecule has 0 unspecified atom stereocenters. The van der Waals surface area contributed by atoms with E-state index in [0.29, 0.717) is 13.2 Å². The smallest absolute Gasteiger partial charge is 0.177 e. The van der Waals surface area contributed by atoms with Crippen LogP contribution in [-0.2, 0) is 11.3 Å². The average molecular weight is 285 g/mol. The molecule has 0 radical (unpaired) electrons. The van der Waals surface area contributed by atoms with E-state index in [1.807, 2.05) is 6.07 Å². The topological polar surface area (TPSA) is 62.8 Å². The molecule has 0 bridgehead atoms. The van der Waals surface area contributed by atoms with Gasteiger partial charge in [-0.2, -0.15) is 0 Å². The number of hydrogen-bond acceptors (Lipinski definition) is 4. The fourth-order valence-electron chi connectivity index (χ4n) is 1.39. The minimum absolute atomic E-state index is 0.692. The monoisotopic (exact) mass is 284 g/mol. The molecule has 2 aromatic heterocycles. The summed E-state index contributed by atoms with van der Waals surface area (Å²) in [5.41, 5.74) is 1.68. The van der Waals surface area contributed by atoms with E-state index in [9.17, 15) is 0 Å². The van der Waals surface area contributed by atoms with Crippen LogP contribution in [0.15, 0.2) is 16.7 Å². The second-order valence-electron chi connectivity index (χ2n) is 3.38. The van der Waals surface area contributed by atoms with Crippen LogP contribution in [0.4, 0.5) is 0 Å². The van der Waals surface area contributed by atoms with E-state index in [0.717, 1.165) is 28.0 Å². The van der Waals surface area contributed by atoms with Crippen LogP contribution in [0.5, 0.6) is 0 Å². The molecule has 2 N–H and O–H groups in total. The maximum atomic E-state index is 4.94. The van der Waals surface area contributed by atoms with Gasteiger partial charge in [-0.15, -0.1) is 0 Å². The number of fused-ring (bicyclic) bond motifs is 1. The largest absolute Gasteiger partial charge is 0.383 e.